The summed E-state index contributed by atoms with van der Waals surface area (Å²) in [6.45, 7) is 0. The van der Waals surface area contributed by atoms with Gasteiger partial charge in [0.1, 0.15) is 0 Å². The first-order chi connectivity index (χ1) is 10.0. The first-order valence-corrected chi connectivity index (χ1v) is 8.53. The van der Waals surface area contributed by atoms with Gasteiger partial charge in [0.15, 0.2) is 0 Å². The Morgan fingerprint density at radius 3 is 1.90 bits per heavy atom. The highest BCUT2D eigenvalue weighted by molar-refractivity contribution is 6.36. The molecule has 0 unspecified atom stereocenters. The van der Waals surface area contributed by atoms with E-state index in [-0.39, 0.29) is 0 Å². The van der Waals surface area contributed by atoms with E-state index in [9.17, 15) is 0 Å². The standard InChI is InChI=1S/C16H13Cl5/c17-9-16(10-18,11-3-1-4-12(19)7-11)8-13-14(20)5-2-6-15(13)21/h1-7H,8-10H2. The van der Waals surface area contributed by atoms with Crippen molar-refractivity contribution in [2.45, 2.75) is 11.8 Å². The number of alkyl halides is 2. The number of hydrogen-bond acceptors (Lipinski definition) is 0. The lowest BCUT2D eigenvalue weighted by Crippen LogP contribution is -2.33. The Labute approximate surface area is 149 Å². The van der Waals surface area contributed by atoms with Gasteiger partial charge >= 0.3 is 0 Å². The number of benzene rings is 2. The van der Waals surface area contributed by atoms with Crippen LogP contribution in [0.15, 0.2) is 42.5 Å². The molecule has 0 fully saturated rings. The lowest BCUT2D eigenvalue weighted by molar-refractivity contribution is 0.536. The van der Waals surface area contributed by atoms with Gasteiger partial charge in [0.25, 0.3) is 0 Å². The van der Waals surface area contributed by atoms with Gasteiger partial charge in [-0.2, -0.15) is 0 Å². The summed E-state index contributed by atoms with van der Waals surface area (Å²) in [5, 5.41) is 1.88. The van der Waals surface area contributed by atoms with Crippen LogP contribution in [0.3, 0.4) is 0 Å². The van der Waals surface area contributed by atoms with Crippen LogP contribution in [0, 0.1) is 0 Å². The molecule has 0 nitrogen and oxygen atoms in total. The van der Waals surface area contributed by atoms with E-state index in [0.717, 1.165) is 11.1 Å². The zero-order valence-electron chi connectivity index (χ0n) is 11.1. The van der Waals surface area contributed by atoms with E-state index in [2.05, 4.69) is 0 Å². The van der Waals surface area contributed by atoms with Gasteiger partial charge in [-0.3, -0.25) is 0 Å². The minimum Gasteiger partial charge on any atom is -0.126 e. The maximum Gasteiger partial charge on any atom is 0.0453 e. The van der Waals surface area contributed by atoms with Gasteiger partial charge in [-0.05, 0) is 41.8 Å². The Bertz CT molecular complexity index is 600. The van der Waals surface area contributed by atoms with Crippen LogP contribution in [0.2, 0.25) is 15.1 Å². The minimum absolute atomic E-state index is 0.346. The molecule has 0 atom stereocenters. The molecule has 2 aromatic rings. The van der Waals surface area contributed by atoms with E-state index < -0.39 is 5.41 Å². The maximum absolute atomic E-state index is 6.27. The van der Waals surface area contributed by atoms with Crippen molar-refractivity contribution in [1.82, 2.24) is 0 Å². The Balaban J connectivity index is 2.48. The molecule has 0 aromatic heterocycles. The Morgan fingerprint density at radius 2 is 1.38 bits per heavy atom. The summed E-state index contributed by atoms with van der Waals surface area (Å²) in [6, 6.07) is 13.0. The molecule has 5 heteroatoms. The Kier molecular flexibility index (Phi) is 6.11. The third kappa shape index (κ3) is 3.81. The third-order valence-corrected chi connectivity index (χ3v) is 5.49. The van der Waals surface area contributed by atoms with Crippen molar-refractivity contribution < 1.29 is 0 Å². The average molecular weight is 383 g/mol. The van der Waals surface area contributed by atoms with Crippen molar-refractivity contribution in [3.8, 4) is 0 Å². The van der Waals surface area contributed by atoms with Crippen LogP contribution < -0.4 is 0 Å². The zero-order valence-corrected chi connectivity index (χ0v) is 14.8. The van der Waals surface area contributed by atoms with Crippen LogP contribution >= 0.6 is 58.0 Å². The smallest absolute Gasteiger partial charge is 0.0453 e. The monoisotopic (exact) mass is 380 g/mol. The SMILES string of the molecule is ClCC(CCl)(Cc1c(Cl)cccc1Cl)c1cccc(Cl)c1. The van der Waals surface area contributed by atoms with Gasteiger partial charge in [-0.25, -0.2) is 0 Å². The van der Waals surface area contributed by atoms with Crippen molar-refractivity contribution in [1.29, 1.82) is 0 Å². The summed E-state index contributed by atoms with van der Waals surface area (Å²) in [5.41, 5.74) is 1.36. The Hall–Kier alpha value is -0.110. The average Bonchev–Trinajstić information content (AvgIpc) is 2.48. The number of halogens is 5. The summed E-state index contributed by atoms with van der Waals surface area (Å²) in [6.07, 6.45) is 0.554. The van der Waals surface area contributed by atoms with E-state index in [1.54, 1.807) is 0 Å². The number of rotatable bonds is 5. The highest BCUT2D eigenvalue weighted by atomic mass is 35.5. The summed E-state index contributed by atoms with van der Waals surface area (Å²) in [4.78, 5) is 0. The van der Waals surface area contributed by atoms with E-state index >= 15 is 0 Å². The molecule has 0 bridgehead atoms. The molecule has 2 aromatic carbocycles. The second-order valence-electron chi connectivity index (χ2n) is 4.93. The molecule has 112 valence electrons. The van der Waals surface area contributed by atoms with Gasteiger partial charge in [0.05, 0.1) is 0 Å². The predicted octanol–water partition coefficient (Wildman–Crippen LogP) is 6.60. The van der Waals surface area contributed by atoms with E-state index in [4.69, 9.17) is 58.0 Å². The second kappa shape index (κ2) is 7.44. The van der Waals surface area contributed by atoms with Crippen molar-refractivity contribution in [3.05, 3.63) is 68.7 Å². The third-order valence-electron chi connectivity index (χ3n) is 3.53. The molecule has 0 aliphatic rings. The largest absolute Gasteiger partial charge is 0.126 e. The summed E-state index contributed by atoms with van der Waals surface area (Å²) >= 11 is 31.1. The van der Waals surface area contributed by atoms with Crippen LogP contribution in [0.25, 0.3) is 0 Å². The molecule has 0 saturated carbocycles. The van der Waals surface area contributed by atoms with Gasteiger partial charge in [-0.1, -0.05) is 53.0 Å². The van der Waals surface area contributed by atoms with Crippen molar-refractivity contribution >= 4 is 58.0 Å². The molecule has 2 rings (SSSR count). The normalized spacial score (nSPS) is 11.7. The summed E-state index contributed by atoms with van der Waals surface area (Å²) < 4.78 is 0. The molecule has 0 saturated heterocycles. The molecule has 0 heterocycles. The highest BCUT2D eigenvalue weighted by Gasteiger charge is 2.32. The van der Waals surface area contributed by atoms with E-state index in [1.807, 2.05) is 42.5 Å². The number of hydrogen-bond donors (Lipinski definition) is 0. The molecular weight excluding hydrogens is 369 g/mol. The summed E-state index contributed by atoms with van der Waals surface area (Å²) in [7, 11) is 0. The Morgan fingerprint density at radius 1 is 0.810 bits per heavy atom. The first-order valence-electron chi connectivity index (χ1n) is 6.33. The fourth-order valence-electron chi connectivity index (χ4n) is 2.24. The van der Waals surface area contributed by atoms with Crippen LogP contribution in [0.5, 0.6) is 0 Å². The van der Waals surface area contributed by atoms with Gasteiger partial charge in [0, 0.05) is 32.2 Å². The molecule has 0 amide bonds. The molecule has 0 aliphatic carbocycles. The molecule has 0 N–H and O–H groups in total. The summed E-state index contributed by atoms with van der Waals surface area (Å²) in [5.74, 6) is 0.691. The molecular formula is C16H13Cl5. The van der Waals surface area contributed by atoms with Crippen LogP contribution in [0.1, 0.15) is 11.1 Å². The van der Waals surface area contributed by atoms with E-state index in [0.29, 0.717) is 33.2 Å². The topological polar surface area (TPSA) is 0 Å². The fourth-order valence-corrected chi connectivity index (χ4v) is 3.75. The van der Waals surface area contributed by atoms with Gasteiger partial charge < -0.3 is 0 Å². The lowest BCUT2D eigenvalue weighted by atomic mass is 9.78. The molecule has 0 aliphatic heterocycles. The fraction of sp³-hybridized carbons (Fsp3) is 0.250. The zero-order chi connectivity index (χ0) is 15.5. The van der Waals surface area contributed by atoms with Crippen LogP contribution in [-0.4, -0.2) is 11.8 Å². The first kappa shape index (κ1) is 17.2. The lowest BCUT2D eigenvalue weighted by Gasteiger charge is -2.31. The molecule has 21 heavy (non-hydrogen) atoms. The molecule has 0 radical (unpaired) electrons. The second-order valence-corrected chi connectivity index (χ2v) is 6.72. The minimum atomic E-state index is -0.470. The van der Waals surface area contributed by atoms with Crippen molar-refractivity contribution in [3.63, 3.8) is 0 Å². The quantitative estimate of drug-likeness (QED) is 0.511. The van der Waals surface area contributed by atoms with E-state index in [1.165, 1.54) is 0 Å². The van der Waals surface area contributed by atoms with Crippen molar-refractivity contribution in [2.24, 2.45) is 0 Å². The van der Waals surface area contributed by atoms with Crippen LogP contribution in [-0.2, 0) is 11.8 Å². The highest BCUT2D eigenvalue weighted by Crippen LogP contribution is 2.37. The van der Waals surface area contributed by atoms with Gasteiger partial charge in [0.2, 0.25) is 0 Å². The van der Waals surface area contributed by atoms with Crippen LogP contribution in [0.4, 0.5) is 0 Å². The predicted molar refractivity (Wildman–Crippen MR) is 94.7 cm³/mol. The van der Waals surface area contributed by atoms with Crippen molar-refractivity contribution in [2.75, 3.05) is 11.8 Å². The van der Waals surface area contributed by atoms with Gasteiger partial charge in [-0.15, -0.1) is 23.2 Å². The maximum atomic E-state index is 6.27. The molecule has 0 spiro atoms.